The SMILES string of the molecule is CC(N)CC(C)Nc1ccccc1S(=O)(=O)C(F)F. The molecule has 4 nitrogen and oxygen atoms in total. The van der Waals surface area contributed by atoms with Gasteiger partial charge in [0, 0.05) is 12.1 Å². The second-order valence-electron chi connectivity index (χ2n) is 4.56. The van der Waals surface area contributed by atoms with Gasteiger partial charge in [0.15, 0.2) is 0 Å². The number of nitrogens with two attached hydrogens (primary N) is 1. The van der Waals surface area contributed by atoms with E-state index in [2.05, 4.69) is 5.32 Å². The van der Waals surface area contributed by atoms with Crippen LogP contribution in [0.15, 0.2) is 29.2 Å². The van der Waals surface area contributed by atoms with Crippen LogP contribution in [-0.4, -0.2) is 26.3 Å². The van der Waals surface area contributed by atoms with Gasteiger partial charge in [-0.3, -0.25) is 0 Å². The Kier molecular flexibility index (Phi) is 5.25. The monoisotopic (exact) mass is 292 g/mol. The largest absolute Gasteiger partial charge is 0.381 e. The molecule has 0 aliphatic rings. The maximum absolute atomic E-state index is 12.6. The van der Waals surface area contributed by atoms with Crippen molar-refractivity contribution in [3.63, 3.8) is 0 Å². The summed E-state index contributed by atoms with van der Waals surface area (Å²) in [5.74, 6) is -3.43. The van der Waals surface area contributed by atoms with Crippen molar-refractivity contribution in [3.8, 4) is 0 Å². The van der Waals surface area contributed by atoms with Crippen molar-refractivity contribution >= 4 is 15.5 Å². The van der Waals surface area contributed by atoms with Gasteiger partial charge in [0.05, 0.1) is 10.6 Å². The number of anilines is 1. The lowest BCUT2D eigenvalue weighted by molar-refractivity contribution is 0.235. The summed E-state index contributed by atoms with van der Waals surface area (Å²) in [5, 5.41) is 2.91. The van der Waals surface area contributed by atoms with E-state index in [4.69, 9.17) is 5.73 Å². The Morgan fingerprint density at radius 2 is 1.84 bits per heavy atom. The van der Waals surface area contributed by atoms with Crippen LogP contribution >= 0.6 is 0 Å². The molecule has 7 heteroatoms. The number of nitrogens with one attached hydrogen (secondary N) is 1. The molecule has 0 saturated carbocycles. The molecule has 0 fully saturated rings. The summed E-state index contributed by atoms with van der Waals surface area (Å²) in [6, 6.07) is 5.45. The maximum Gasteiger partial charge on any atom is 0.341 e. The fraction of sp³-hybridized carbons (Fsp3) is 0.500. The van der Waals surface area contributed by atoms with Gasteiger partial charge in [0.25, 0.3) is 0 Å². The molecule has 19 heavy (non-hydrogen) atoms. The second-order valence-corrected chi connectivity index (χ2v) is 6.45. The first kappa shape index (κ1) is 15.8. The number of alkyl halides is 2. The van der Waals surface area contributed by atoms with Crippen LogP contribution < -0.4 is 11.1 Å². The Labute approximate surface area is 111 Å². The number of sulfone groups is 1. The van der Waals surface area contributed by atoms with Crippen LogP contribution in [-0.2, 0) is 9.84 Å². The van der Waals surface area contributed by atoms with Crippen molar-refractivity contribution in [1.82, 2.24) is 0 Å². The molecule has 0 saturated heterocycles. The van der Waals surface area contributed by atoms with E-state index in [9.17, 15) is 17.2 Å². The third kappa shape index (κ3) is 4.14. The summed E-state index contributed by atoms with van der Waals surface area (Å²) in [6.07, 6.45) is 0.600. The van der Waals surface area contributed by atoms with E-state index in [1.165, 1.54) is 18.2 Å². The standard InChI is InChI=1S/C12H18F2N2O2S/c1-8(15)7-9(2)16-10-5-3-4-6-11(10)19(17,18)12(13)14/h3-6,8-9,12,16H,7,15H2,1-2H3. The lowest BCUT2D eigenvalue weighted by atomic mass is 10.1. The summed E-state index contributed by atoms with van der Waals surface area (Å²) >= 11 is 0. The molecule has 1 aromatic carbocycles. The number of benzene rings is 1. The maximum atomic E-state index is 12.6. The lowest BCUT2D eigenvalue weighted by Gasteiger charge is -2.19. The predicted octanol–water partition coefficient (Wildman–Crippen LogP) is 2.22. The summed E-state index contributed by atoms with van der Waals surface area (Å²) in [4.78, 5) is -0.387. The van der Waals surface area contributed by atoms with Crippen LogP contribution in [0.3, 0.4) is 0 Å². The smallest absolute Gasteiger partial charge is 0.341 e. The van der Waals surface area contributed by atoms with Crippen LogP contribution in [0.5, 0.6) is 0 Å². The molecule has 3 N–H and O–H groups in total. The minimum absolute atomic E-state index is 0.0682. The normalized spacial score (nSPS) is 15.3. The molecule has 0 amide bonds. The molecule has 0 radical (unpaired) electrons. The first-order valence-corrected chi connectivity index (χ1v) is 7.43. The highest BCUT2D eigenvalue weighted by molar-refractivity contribution is 7.91. The van der Waals surface area contributed by atoms with E-state index in [-0.39, 0.29) is 22.7 Å². The Balaban J connectivity index is 3.04. The zero-order valence-electron chi connectivity index (χ0n) is 10.8. The summed E-state index contributed by atoms with van der Waals surface area (Å²) in [7, 11) is -4.61. The van der Waals surface area contributed by atoms with E-state index in [0.29, 0.717) is 6.42 Å². The predicted molar refractivity (Wildman–Crippen MR) is 71.0 cm³/mol. The van der Waals surface area contributed by atoms with Crippen molar-refractivity contribution in [2.45, 2.75) is 43.0 Å². The van der Waals surface area contributed by atoms with Gasteiger partial charge in [-0.15, -0.1) is 0 Å². The Morgan fingerprint density at radius 3 is 2.37 bits per heavy atom. The van der Waals surface area contributed by atoms with Gasteiger partial charge in [-0.05, 0) is 32.4 Å². The molecule has 0 bridgehead atoms. The quantitative estimate of drug-likeness (QED) is 0.843. The Bertz CT molecular complexity index is 518. The van der Waals surface area contributed by atoms with Gasteiger partial charge in [-0.2, -0.15) is 8.78 Å². The van der Waals surface area contributed by atoms with Crippen LogP contribution in [0.1, 0.15) is 20.3 Å². The van der Waals surface area contributed by atoms with Crippen LogP contribution in [0.4, 0.5) is 14.5 Å². The molecule has 2 atom stereocenters. The minimum Gasteiger partial charge on any atom is -0.381 e. The zero-order chi connectivity index (χ0) is 14.6. The molecule has 0 spiro atoms. The Hall–Kier alpha value is -1.21. The van der Waals surface area contributed by atoms with Gasteiger partial charge >= 0.3 is 5.76 Å². The Morgan fingerprint density at radius 1 is 1.26 bits per heavy atom. The molecule has 0 aliphatic heterocycles. The van der Waals surface area contributed by atoms with Gasteiger partial charge in [-0.25, -0.2) is 8.42 Å². The fourth-order valence-electron chi connectivity index (χ4n) is 1.81. The molecule has 0 aliphatic carbocycles. The molecular weight excluding hydrogens is 274 g/mol. The van der Waals surface area contributed by atoms with E-state index >= 15 is 0 Å². The molecule has 0 aromatic heterocycles. The number of hydrogen-bond donors (Lipinski definition) is 2. The van der Waals surface area contributed by atoms with Gasteiger partial charge in [-0.1, -0.05) is 12.1 Å². The highest BCUT2D eigenvalue weighted by atomic mass is 32.2. The highest BCUT2D eigenvalue weighted by Gasteiger charge is 2.29. The minimum atomic E-state index is -4.61. The fourth-order valence-corrected chi connectivity index (χ4v) is 2.71. The molecule has 1 aromatic rings. The summed E-state index contributed by atoms with van der Waals surface area (Å²) in [6.45, 7) is 3.63. The van der Waals surface area contributed by atoms with Gasteiger partial charge < -0.3 is 11.1 Å². The third-order valence-corrected chi connectivity index (χ3v) is 3.99. The number of hydrogen-bond acceptors (Lipinski definition) is 4. The first-order chi connectivity index (χ1) is 8.75. The summed E-state index contributed by atoms with van der Waals surface area (Å²) < 4.78 is 48.3. The van der Waals surface area contributed by atoms with Crippen molar-refractivity contribution < 1.29 is 17.2 Å². The van der Waals surface area contributed by atoms with Crippen molar-refractivity contribution in [2.75, 3.05) is 5.32 Å². The number of para-hydroxylation sites is 1. The lowest BCUT2D eigenvalue weighted by Crippen LogP contribution is -2.27. The van der Waals surface area contributed by atoms with Crippen LogP contribution in [0.2, 0.25) is 0 Å². The molecule has 1 rings (SSSR count). The third-order valence-electron chi connectivity index (χ3n) is 2.56. The molecule has 0 heterocycles. The zero-order valence-corrected chi connectivity index (χ0v) is 11.6. The van der Waals surface area contributed by atoms with Gasteiger partial charge in [0.1, 0.15) is 0 Å². The van der Waals surface area contributed by atoms with E-state index in [1.807, 2.05) is 13.8 Å². The van der Waals surface area contributed by atoms with Crippen molar-refractivity contribution in [3.05, 3.63) is 24.3 Å². The topological polar surface area (TPSA) is 72.2 Å². The highest BCUT2D eigenvalue weighted by Crippen LogP contribution is 2.26. The van der Waals surface area contributed by atoms with E-state index in [1.54, 1.807) is 6.07 Å². The number of rotatable bonds is 6. The average molecular weight is 292 g/mol. The van der Waals surface area contributed by atoms with Crippen molar-refractivity contribution in [1.29, 1.82) is 0 Å². The first-order valence-electron chi connectivity index (χ1n) is 5.88. The number of halogens is 2. The average Bonchev–Trinajstić information content (AvgIpc) is 2.27. The van der Waals surface area contributed by atoms with E-state index < -0.39 is 15.6 Å². The molecular formula is C12H18F2N2O2S. The van der Waals surface area contributed by atoms with Crippen LogP contribution in [0, 0.1) is 0 Å². The van der Waals surface area contributed by atoms with Crippen molar-refractivity contribution in [2.24, 2.45) is 5.73 Å². The van der Waals surface area contributed by atoms with Gasteiger partial charge in [0.2, 0.25) is 9.84 Å². The second kappa shape index (κ2) is 6.29. The van der Waals surface area contributed by atoms with Crippen LogP contribution in [0.25, 0.3) is 0 Å². The van der Waals surface area contributed by atoms with E-state index in [0.717, 1.165) is 0 Å². The molecule has 108 valence electrons. The molecule has 2 unspecified atom stereocenters. The summed E-state index contributed by atoms with van der Waals surface area (Å²) in [5.41, 5.74) is 5.82.